The monoisotopic (exact) mass is 253 g/mol. The molecule has 1 heterocycles. The van der Waals surface area contributed by atoms with Gasteiger partial charge in [-0.3, -0.25) is 9.59 Å². The fraction of sp³-hybridized carbons (Fsp3) is 0.333. The molecule has 2 radical (unpaired) electrons. The average Bonchev–Trinajstić information content (AvgIpc) is 2.40. The van der Waals surface area contributed by atoms with Gasteiger partial charge in [0.1, 0.15) is 0 Å². The van der Waals surface area contributed by atoms with Gasteiger partial charge < -0.3 is 4.90 Å². The zero-order valence-corrected chi connectivity index (χ0v) is 11.1. The standard InChI is InChI=1S/C15H16BNO2/c1-11(18)14(12-5-3-2-4-6-12)13-7-9-17(10-8-13)15(16)19/h2-6H,7-10H2,1H3. The smallest absolute Gasteiger partial charge is 0.200 e. The van der Waals surface area contributed by atoms with Crippen molar-refractivity contribution in [3.63, 3.8) is 0 Å². The SMILES string of the molecule is [B]C(=O)N1CCC(=C(C(C)=O)c2ccccc2)CC1. The molecule has 19 heavy (non-hydrogen) atoms. The minimum atomic E-state index is -0.386. The first-order valence-electron chi connectivity index (χ1n) is 6.42. The van der Waals surface area contributed by atoms with Crippen molar-refractivity contribution in [1.29, 1.82) is 0 Å². The normalized spacial score (nSPS) is 15.2. The molecule has 0 spiro atoms. The van der Waals surface area contributed by atoms with Crippen LogP contribution in [-0.4, -0.2) is 37.4 Å². The van der Waals surface area contributed by atoms with E-state index in [4.69, 9.17) is 7.85 Å². The van der Waals surface area contributed by atoms with E-state index < -0.39 is 0 Å². The fourth-order valence-corrected chi connectivity index (χ4v) is 2.51. The second-order valence-electron chi connectivity index (χ2n) is 4.73. The summed E-state index contributed by atoms with van der Waals surface area (Å²) in [6.07, 6.45) is 1.43. The maximum atomic E-state index is 11.9. The lowest BCUT2D eigenvalue weighted by atomic mass is 9.90. The Hall–Kier alpha value is -1.84. The maximum absolute atomic E-state index is 11.9. The molecular formula is C15H16BNO2. The van der Waals surface area contributed by atoms with Crippen LogP contribution in [0.2, 0.25) is 0 Å². The molecule has 1 aromatic rings. The van der Waals surface area contributed by atoms with E-state index >= 15 is 0 Å². The summed E-state index contributed by atoms with van der Waals surface area (Å²) in [6, 6.07) is 9.69. The topological polar surface area (TPSA) is 37.4 Å². The molecule has 0 N–H and O–H groups in total. The quantitative estimate of drug-likeness (QED) is 0.599. The molecule has 0 unspecified atom stereocenters. The summed E-state index contributed by atoms with van der Waals surface area (Å²) < 4.78 is 0. The fourth-order valence-electron chi connectivity index (χ4n) is 2.51. The van der Waals surface area contributed by atoms with E-state index in [9.17, 15) is 9.59 Å². The third-order valence-corrected chi connectivity index (χ3v) is 3.45. The van der Waals surface area contributed by atoms with E-state index in [0.717, 1.165) is 16.7 Å². The third-order valence-electron chi connectivity index (χ3n) is 3.45. The van der Waals surface area contributed by atoms with E-state index in [1.165, 1.54) is 0 Å². The Morgan fingerprint density at radius 1 is 1.11 bits per heavy atom. The van der Waals surface area contributed by atoms with Crippen LogP contribution >= 0.6 is 0 Å². The number of hydrogen-bond acceptors (Lipinski definition) is 2. The first-order valence-corrected chi connectivity index (χ1v) is 6.42. The summed E-state index contributed by atoms with van der Waals surface area (Å²) in [6.45, 7) is 2.78. The number of carbonyl (C=O) groups excluding carboxylic acids is 2. The van der Waals surface area contributed by atoms with Gasteiger partial charge in [0.15, 0.2) is 11.6 Å². The molecule has 96 valence electrons. The Morgan fingerprint density at radius 3 is 2.16 bits per heavy atom. The Kier molecular flexibility index (Phi) is 4.20. The van der Waals surface area contributed by atoms with Crippen molar-refractivity contribution in [2.24, 2.45) is 0 Å². The van der Waals surface area contributed by atoms with Crippen molar-refractivity contribution in [2.45, 2.75) is 19.8 Å². The molecule has 2 rings (SSSR count). The number of allylic oxidation sites excluding steroid dienone is 1. The number of hydrogen-bond donors (Lipinski definition) is 0. The number of benzene rings is 1. The molecule has 0 saturated carbocycles. The number of ketones is 1. The molecule has 1 saturated heterocycles. The van der Waals surface area contributed by atoms with Gasteiger partial charge in [-0.25, -0.2) is 0 Å². The Balaban J connectivity index is 2.28. The predicted octanol–water partition coefficient (Wildman–Crippen LogP) is 2.41. The molecule has 0 aromatic heterocycles. The van der Waals surface area contributed by atoms with Gasteiger partial charge in [0, 0.05) is 18.7 Å². The van der Waals surface area contributed by atoms with E-state index in [2.05, 4.69) is 0 Å². The van der Waals surface area contributed by atoms with Crippen LogP contribution in [0.1, 0.15) is 25.3 Å². The Morgan fingerprint density at radius 2 is 1.68 bits per heavy atom. The molecular weight excluding hydrogens is 237 g/mol. The minimum Gasteiger partial charge on any atom is -0.352 e. The van der Waals surface area contributed by atoms with Crippen LogP contribution in [0.25, 0.3) is 5.57 Å². The van der Waals surface area contributed by atoms with Crippen LogP contribution in [0.15, 0.2) is 35.9 Å². The first kappa shape index (κ1) is 13.6. The molecule has 1 fully saturated rings. The van der Waals surface area contributed by atoms with Gasteiger partial charge in [0.25, 0.3) is 0 Å². The second kappa shape index (κ2) is 5.87. The van der Waals surface area contributed by atoms with Crippen molar-refractivity contribution in [3.8, 4) is 0 Å². The summed E-state index contributed by atoms with van der Waals surface area (Å²) in [5.41, 5.74) is 2.87. The lowest BCUT2D eigenvalue weighted by molar-refractivity contribution is -0.111. The van der Waals surface area contributed by atoms with Crippen LogP contribution in [0.4, 0.5) is 4.79 Å². The highest BCUT2D eigenvalue weighted by Crippen LogP contribution is 2.27. The third kappa shape index (κ3) is 3.14. The average molecular weight is 253 g/mol. The summed E-state index contributed by atoms with van der Waals surface area (Å²) in [5, 5.41) is 0. The molecule has 0 aliphatic carbocycles. The van der Waals surface area contributed by atoms with Crippen molar-refractivity contribution in [3.05, 3.63) is 41.5 Å². The minimum absolute atomic E-state index is 0.0775. The lowest BCUT2D eigenvalue weighted by Crippen LogP contribution is -2.35. The molecule has 0 atom stereocenters. The molecule has 1 aliphatic heterocycles. The van der Waals surface area contributed by atoms with Gasteiger partial charge in [-0.1, -0.05) is 35.9 Å². The van der Waals surface area contributed by atoms with Gasteiger partial charge in [-0.15, -0.1) is 0 Å². The van der Waals surface area contributed by atoms with Crippen LogP contribution < -0.4 is 0 Å². The highest BCUT2D eigenvalue weighted by molar-refractivity contribution is 6.56. The van der Waals surface area contributed by atoms with Crippen LogP contribution in [0.5, 0.6) is 0 Å². The number of nitrogens with zero attached hydrogens (tertiary/aromatic N) is 1. The molecule has 4 heteroatoms. The number of rotatable bonds is 2. The Bertz CT molecular complexity index is 512. The van der Waals surface area contributed by atoms with E-state index in [1.54, 1.807) is 11.8 Å². The number of carbonyl (C=O) groups is 2. The zero-order valence-electron chi connectivity index (χ0n) is 11.1. The summed E-state index contributed by atoms with van der Waals surface area (Å²) >= 11 is 0. The van der Waals surface area contributed by atoms with E-state index in [1.807, 2.05) is 30.3 Å². The summed E-state index contributed by atoms with van der Waals surface area (Å²) in [4.78, 5) is 24.6. The molecule has 0 bridgehead atoms. The summed E-state index contributed by atoms with van der Waals surface area (Å²) in [5.74, 6) is -0.308. The second-order valence-corrected chi connectivity index (χ2v) is 4.73. The Labute approximate surface area is 114 Å². The number of likely N-dealkylation sites (tertiary alicyclic amines) is 1. The van der Waals surface area contributed by atoms with E-state index in [-0.39, 0.29) is 11.6 Å². The van der Waals surface area contributed by atoms with Crippen molar-refractivity contribution in [1.82, 2.24) is 4.90 Å². The number of piperidine rings is 1. The van der Waals surface area contributed by atoms with Crippen molar-refractivity contribution < 1.29 is 9.59 Å². The van der Waals surface area contributed by atoms with Crippen LogP contribution in [0, 0.1) is 0 Å². The highest BCUT2D eigenvalue weighted by Gasteiger charge is 2.20. The van der Waals surface area contributed by atoms with Crippen LogP contribution in [0.3, 0.4) is 0 Å². The zero-order chi connectivity index (χ0) is 13.8. The van der Waals surface area contributed by atoms with Crippen molar-refractivity contribution >= 4 is 25.0 Å². The number of Topliss-reactive ketones (excluding diaryl/α,β-unsaturated/α-hetero) is 1. The molecule has 1 amide bonds. The lowest BCUT2D eigenvalue weighted by Gasteiger charge is -2.29. The van der Waals surface area contributed by atoms with Gasteiger partial charge in [0.05, 0.1) is 0 Å². The number of amides is 1. The van der Waals surface area contributed by atoms with Crippen LogP contribution in [-0.2, 0) is 4.79 Å². The summed E-state index contributed by atoms with van der Waals surface area (Å²) in [7, 11) is 5.26. The van der Waals surface area contributed by atoms with E-state index in [0.29, 0.717) is 25.9 Å². The highest BCUT2D eigenvalue weighted by atomic mass is 16.1. The molecule has 1 aliphatic rings. The molecule has 1 aromatic carbocycles. The van der Waals surface area contributed by atoms with Crippen molar-refractivity contribution in [2.75, 3.05) is 13.1 Å². The van der Waals surface area contributed by atoms with Gasteiger partial charge in [-0.05, 0) is 25.3 Å². The maximum Gasteiger partial charge on any atom is 0.200 e. The van der Waals surface area contributed by atoms with Gasteiger partial charge >= 0.3 is 0 Å². The van der Waals surface area contributed by atoms with Gasteiger partial charge in [-0.2, -0.15) is 0 Å². The first-order chi connectivity index (χ1) is 9.09. The molecule has 3 nitrogen and oxygen atoms in total. The predicted molar refractivity (Wildman–Crippen MR) is 76.0 cm³/mol. The van der Waals surface area contributed by atoms with Gasteiger partial charge in [0.2, 0.25) is 7.85 Å². The largest absolute Gasteiger partial charge is 0.352 e.